The molecule has 1 aromatic heterocycles. The molecule has 1 heterocycles. The van der Waals surface area contributed by atoms with E-state index >= 15 is 0 Å². The van der Waals surface area contributed by atoms with E-state index in [-0.39, 0.29) is 11.9 Å². The highest BCUT2D eigenvalue weighted by Crippen LogP contribution is 2.24. The summed E-state index contributed by atoms with van der Waals surface area (Å²) in [5.41, 5.74) is 1.88. The summed E-state index contributed by atoms with van der Waals surface area (Å²) in [7, 11) is 1.91. The van der Waals surface area contributed by atoms with Crippen molar-refractivity contribution in [3.63, 3.8) is 0 Å². The fourth-order valence-corrected chi connectivity index (χ4v) is 2.44. The van der Waals surface area contributed by atoms with Crippen LogP contribution >= 0.6 is 11.6 Å². The Balaban J connectivity index is 2.23. The highest BCUT2D eigenvalue weighted by Gasteiger charge is 2.16. The molecule has 108 valence electrons. The van der Waals surface area contributed by atoms with E-state index in [0.717, 1.165) is 24.2 Å². The molecule has 0 bridgehead atoms. The lowest BCUT2D eigenvalue weighted by molar-refractivity contribution is 0.492. The fraction of sp³-hybridized carbons (Fsp3) is 0.400. The quantitative estimate of drug-likeness (QED) is 0.884. The van der Waals surface area contributed by atoms with Crippen LogP contribution in [0.2, 0.25) is 5.02 Å². The maximum absolute atomic E-state index is 13.4. The molecule has 0 fully saturated rings. The van der Waals surface area contributed by atoms with Gasteiger partial charge in [-0.25, -0.2) is 4.39 Å². The van der Waals surface area contributed by atoms with Crippen molar-refractivity contribution < 1.29 is 4.39 Å². The van der Waals surface area contributed by atoms with Crippen LogP contribution in [0.25, 0.3) is 0 Å². The average Bonchev–Trinajstić information content (AvgIpc) is 2.84. The van der Waals surface area contributed by atoms with E-state index in [1.54, 1.807) is 12.3 Å². The van der Waals surface area contributed by atoms with Gasteiger partial charge in [-0.05, 0) is 49.2 Å². The molecule has 1 atom stereocenters. The second kappa shape index (κ2) is 6.86. The van der Waals surface area contributed by atoms with Crippen molar-refractivity contribution in [2.75, 3.05) is 6.54 Å². The molecule has 0 saturated carbocycles. The number of hydrogen-bond acceptors (Lipinski definition) is 2. The molecule has 20 heavy (non-hydrogen) atoms. The molecule has 0 aliphatic carbocycles. The van der Waals surface area contributed by atoms with Gasteiger partial charge in [0.25, 0.3) is 0 Å². The van der Waals surface area contributed by atoms with Crippen molar-refractivity contribution in [1.82, 2.24) is 15.1 Å². The normalized spacial score (nSPS) is 12.6. The predicted molar refractivity (Wildman–Crippen MR) is 79.4 cm³/mol. The van der Waals surface area contributed by atoms with Crippen LogP contribution < -0.4 is 5.32 Å². The Morgan fingerprint density at radius 2 is 2.20 bits per heavy atom. The summed E-state index contributed by atoms with van der Waals surface area (Å²) in [5.74, 6) is -0.261. The third kappa shape index (κ3) is 3.58. The molecule has 0 saturated heterocycles. The SMILES string of the molecule is CCCNC(Cc1cc(F)ccc1Cl)c1ccnn1C. The summed E-state index contributed by atoms with van der Waals surface area (Å²) >= 11 is 6.16. The standard InChI is InChI=1S/C15H19ClFN3/c1-3-7-18-14(15-6-8-19-20(15)2)10-11-9-12(17)4-5-13(11)16/h4-6,8-9,14,18H,3,7,10H2,1-2H3. The van der Waals surface area contributed by atoms with Gasteiger partial charge in [0.05, 0.1) is 11.7 Å². The zero-order valence-corrected chi connectivity index (χ0v) is 12.5. The summed E-state index contributed by atoms with van der Waals surface area (Å²) in [6, 6.07) is 6.53. The molecule has 0 aliphatic rings. The number of aryl methyl sites for hydroxylation is 1. The molecule has 1 aromatic carbocycles. The van der Waals surface area contributed by atoms with Crippen LogP contribution in [0.15, 0.2) is 30.5 Å². The number of aromatic nitrogens is 2. The summed E-state index contributed by atoms with van der Waals surface area (Å²) in [4.78, 5) is 0. The number of benzene rings is 1. The number of hydrogen-bond donors (Lipinski definition) is 1. The third-order valence-electron chi connectivity index (χ3n) is 3.29. The summed E-state index contributed by atoms with van der Waals surface area (Å²) in [5, 5.41) is 8.26. The molecule has 0 amide bonds. The van der Waals surface area contributed by atoms with Crippen LogP contribution in [-0.2, 0) is 13.5 Å². The van der Waals surface area contributed by atoms with Crippen molar-refractivity contribution >= 4 is 11.6 Å². The molecule has 2 aromatic rings. The third-order valence-corrected chi connectivity index (χ3v) is 3.66. The van der Waals surface area contributed by atoms with Gasteiger partial charge in [0.15, 0.2) is 0 Å². The summed E-state index contributed by atoms with van der Waals surface area (Å²) in [6.45, 7) is 3.01. The molecular weight excluding hydrogens is 277 g/mol. The maximum atomic E-state index is 13.4. The topological polar surface area (TPSA) is 29.9 Å². The van der Waals surface area contributed by atoms with Crippen molar-refractivity contribution in [1.29, 1.82) is 0 Å². The minimum atomic E-state index is -0.261. The Hall–Kier alpha value is -1.39. The number of rotatable bonds is 6. The molecule has 0 spiro atoms. The second-order valence-electron chi connectivity index (χ2n) is 4.83. The zero-order chi connectivity index (χ0) is 14.5. The van der Waals surface area contributed by atoms with Gasteiger partial charge in [-0.3, -0.25) is 4.68 Å². The smallest absolute Gasteiger partial charge is 0.123 e. The molecule has 2 rings (SSSR count). The first-order valence-corrected chi connectivity index (χ1v) is 7.14. The molecule has 5 heteroatoms. The molecule has 3 nitrogen and oxygen atoms in total. The molecule has 0 radical (unpaired) electrons. The maximum Gasteiger partial charge on any atom is 0.123 e. The first-order valence-electron chi connectivity index (χ1n) is 6.77. The number of nitrogens with one attached hydrogen (secondary N) is 1. The first-order chi connectivity index (χ1) is 9.61. The highest BCUT2D eigenvalue weighted by molar-refractivity contribution is 6.31. The average molecular weight is 296 g/mol. The van der Waals surface area contributed by atoms with Crippen LogP contribution in [0.5, 0.6) is 0 Å². The Morgan fingerprint density at radius 3 is 2.85 bits per heavy atom. The lowest BCUT2D eigenvalue weighted by Crippen LogP contribution is -2.26. The molecule has 1 N–H and O–H groups in total. The van der Waals surface area contributed by atoms with Crippen molar-refractivity contribution in [3.05, 3.63) is 52.6 Å². The largest absolute Gasteiger partial charge is 0.308 e. The van der Waals surface area contributed by atoms with E-state index in [1.165, 1.54) is 12.1 Å². The predicted octanol–water partition coefficient (Wildman–Crippen LogP) is 3.50. The minimum Gasteiger partial charge on any atom is -0.308 e. The minimum absolute atomic E-state index is 0.0711. The van der Waals surface area contributed by atoms with Gasteiger partial charge in [0.2, 0.25) is 0 Å². The second-order valence-corrected chi connectivity index (χ2v) is 5.23. The lowest BCUT2D eigenvalue weighted by Gasteiger charge is -2.19. The Morgan fingerprint density at radius 1 is 1.40 bits per heavy atom. The van der Waals surface area contributed by atoms with Crippen LogP contribution in [-0.4, -0.2) is 16.3 Å². The Bertz CT molecular complexity index is 568. The highest BCUT2D eigenvalue weighted by atomic mass is 35.5. The first kappa shape index (κ1) is 15.0. The van der Waals surface area contributed by atoms with Crippen LogP contribution in [0, 0.1) is 5.82 Å². The van der Waals surface area contributed by atoms with E-state index in [9.17, 15) is 4.39 Å². The van der Waals surface area contributed by atoms with E-state index in [1.807, 2.05) is 17.8 Å². The van der Waals surface area contributed by atoms with Gasteiger partial charge >= 0.3 is 0 Å². The Labute approximate surface area is 123 Å². The van der Waals surface area contributed by atoms with Crippen molar-refractivity contribution in [3.8, 4) is 0 Å². The van der Waals surface area contributed by atoms with Crippen LogP contribution in [0.3, 0.4) is 0 Å². The summed E-state index contributed by atoms with van der Waals surface area (Å²) in [6.07, 6.45) is 3.44. The van der Waals surface area contributed by atoms with Gasteiger partial charge in [-0.2, -0.15) is 5.10 Å². The lowest BCUT2D eigenvalue weighted by atomic mass is 10.0. The van der Waals surface area contributed by atoms with E-state index in [4.69, 9.17) is 11.6 Å². The summed E-state index contributed by atoms with van der Waals surface area (Å²) < 4.78 is 15.2. The molecule has 1 unspecified atom stereocenters. The van der Waals surface area contributed by atoms with Crippen LogP contribution in [0.1, 0.15) is 30.6 Å². The van der Waals surface area contributed by atoms with Gasteiger partial charge in [-0.15, -0.1) is 0 Å². The van der Waals surface area contributed by atoms with E-state index < -0.39 is 0 Å². The number of halogens is 2. The van der Waals surface area contributed by atoms with E-state index in [0.29, 0.717) is 11.4 Å². The van der Waals surface area contributed by atoms with Gasteiger partial charge < -0.3 is 5.32 Å². The van der Waals surface area contributed by atoms with Crippen molar-refractivity contribution in [2.24, 2.45) is 7.05 Å². The van der Waals surface area contributed by atoms with Gasteiger partial charge in [0, 0.05) is 18.3 Å². The monoisotopic (exact) mass is 295 g/mol. The zero-order valence-electron chi connectivity index (χ0n) is 11.7. The van der Waals surface area contributed by atoms with E-state index in [2.05, 4.69) is 17.3 Å². The van der Waals surface area contributed by atoms with Crippen LogP contribution in [0.4, 0.5) is 4.39 Å². The van der Waals surface area contributed by atoms with Gasteiger partial charge in [-0.1, -0.05) is 18.5 Å². The number of nitrogens with zero attached hydrogens (tertiary/aromatic N) is 2. The van der Waals surface area contributed by atoms with Gasteiger partial charge in [0.1, 0.15) is 5.82 Å². The fourth-order valence-electron chi connectivity index (χ4n) is 2.25. The Kier molecular flexibility index (Phi) is 5.15. The molecular formula is C15H19ClFN3. The van der Waals surface area contributed by atoms with Crippen molar-refractivity contribution in [2.45, 2.75) is 25.8 Å². The molecule has 0 aliphatic heterocycles.